The van der Waals surface area contributed by atoms with E-state index < -0.39 is 0 Å². The Hall–Kier alpha value is -7.16. The largest absolute Gasteiger partial charge is 0.310 e. The third-order valence-electron chi connectivity index (χ3n) is 10.6. The first-order valence-electron chi connectivity index (χ1n) is 18.5. The van der Waals surface area contributed by atoms with Crippen molar-refractivity contribution in [1.29, 1.82) is 0 Å². The topological polar surface area (TPSA) is 8.17 Å². The van der Waals surface area contributed by atoms with Crippen LogP contribution in [0.4, 0.5) is 17.1 Å². The van der Waals surface area contributed by atoms with Gasteiger partial charge in [-0.1, -0.05) is 176 Å². The van der Waals surface area contributed by atoms with Crippen molar-refractivity contribution >= 4 is 49.6 Å². The summed E-state index contributed by atoms with van der Waals surface area (Å²) < 4.78 is 2.46. The van der Waals surface area contributed by atoms with Gasteiger partial charge in [-0.05, 0) is 75.5 Å². The summed E-state index contributed by atoms with van der Waals surface area (Å²) in [5.74, 6) is 0. The van der Waals surface area contributed by atoms with Gasteiger partial charge in [0.1, 0.15) is 0 Å². The van der Waals surface area contributed by atoms with Crippen LogP contribution in [0.2, 0.25) is 0 Å². The normalized spacial score (nSPS) is 11.3. The number of aromatic nitrogens is 1. The fraction of sp³-hybridized carbons (Fsp3) is 0. The molecule has 0 aliphatic carbocycles. The minimum absolute atomic E-state index is 1.09. The number of hydrogen-bond acceptors (Lipinski definition) is 1. The van der Waals surface area contributed by atoms with Crippen LogP contribution in [-0.4, -0.2) is 4.57 Å². The molecule has 1 heterocycles. The molecule has 254 valence electrons. The summed E-state index contributed by atoms with van der Waals surface area (Å²) in [4.78, 5) is 2.41. The van der Waals surface area contributed by atoms with Crippen LogP contribution in [0.15, 0.2) is 218 Å². The molecule has 0 saturated heterocycles. The first-order chi connectivity index (χ1) is 26.8. The van der Waals surface area contributed by atoms with Crippen LogP contribution in [0.1, 0.15) is 0 Å². The summed E-state index contributed by atoms with van der Waals surface area (Å²) in [5, 5.41) is 4.94. The van der Waals surface area contributed by atoms with E-state index in [1.807, 2.05) is 0 Å². The molecule has 0 aliphatic rings. The Labute approximate surface area is 315 Å². The fourth-order valence-electron chi connectivity index (χ4n) is 8.11. The predicted molar refractivity (Wildman–Crippen MR) is 229 cm³/mol. The van der Waals surface area contributed by atoms with Crippen molar-refractivity contribution in [3.05, 3.63) is 218 Å². The van der Waals surface area contributed by atoms with Crippen LogP contribution >= 0.6 is 0 Å². The zero-order valence-electron chi connectivity index (χ0n) is 29.7. The number of fused-ring (bicyclic) bond motifs is 4. The number of benzene rings is 9. The van der Waals surface area contributed by atoms with E-state index in [1.54, 1.807) is 0 Å². The second-order valence-corrected chi connectivity index (χ2v) is 13.7. The SMILES string of the molecule is c1ccc(-c2ccc(N(c3ccc4c5ccccc5n(-c5ccccc5-c5cccc6ccccc56)c4c3)c3ccccc3-c3ccccc3)cc2)cc1. The van der Waals surface area contributed by atoms with Crippen LogP contribution in [0.25, 0.3) is 71.6 Å². The minimum atomic E-state index is 1.09. The van der Waals surface area contributed by atoms with Gasteiger partial charge in [-0.15, -0.1) is 0 Å². The zero-order valence-corrected chi connectivity index (χ0v) is 29.7. The molecule has 0 unspecified atom stereocenters. The van der Waals surface area contributed by atoms with E-state index in [4.69, 9.17) is 0 Å². The molecule has 0 saturated carbocycles. The Morgan fingerprint density at radius 2 is 0.870 bits per heavy atom. The van der Waals surface area contributed by atoms with Gasteiger partial charge in [-0.2, -0.15) is 0 Å². The molecule has 10 rings (SSSR count). The van der Waals surface area contributed by atoms with E-state index in [0.29, 0.717) is 0 Å². The van der Waals surface area contributed by atoms with Gasteiger partial charge in [0, 0.05) is 33.3 Å². The summed E-state index contributed by atoms with van der Waals surface area (Å²) in [6, 6.07) is 78.9. The molecular weight excluding hydrogens is 653 g/mol. The molecule has 1 aromatic heterocycles. The van der Waals surface area contributed by atoms with Gasteiger partial charge in [0.05, 0.1) is 22.4 Å². The lowest BCUT2D eigenvalue weighted by atomic mass is 9.97. The minimum Gasteiger partial charge on any atom is -0.310 e. The smallest absolute Gasteiger partial charge is 0.0562 e. The van der Waals surface area contributed by atoms with Crippen molar-refractivity contribution in [2.45, 2.75) is 0 Å². The van der Waals surface area contributed by atoms with Gasteiger partial charge in [0.15, 0.2) is 0 Å². The second kappa shape index (κ2) is 13.4. The molecule has 0 radical (unpaired) electrons. The number of para-hydroxylation sites is 3. The van der Waals surface area contributed by atoms with Crippen molar-refractivity contribution in [2.24, 2.45) is 0 Å². The van der Waals surface area contributed by atoms with Crippen LogP contribution in [0.3, 0.4) is 0 Å². The molecule has 0 fully saturated rings. The van der Waals surface area contributed by atoms with Gasteiger partial charge in [0.2, 0.25) is 0 Å². The maximum atomic E-state index is 2.46. The van der Waals surface area contributed by atoms with E-state index in [1.165, 1.54) is 60.4 Å². The molecule has 0 N–H and O–H groups in total. The van der Waals surface area contributed by atoms with Crippen molar-refractivity contribution < 1.29 is 0 Å². The molecule has 0 spiro atoms. The number of anilines is 3. The van der Waals surface area contributed by atoms with Crippen LogP contribution in [-0.2, 0) is 0 Å². The lowest BCUT2D eigenvalue weighted by Gasteiger charge is -2.28. The number of nitrogens with zero attached hydrogens (tertiary/aromatic N) is 2. The molecule has 0 aliphatic heterocycles. The van der Waals surface area contributed by atoms with E-state index in [-0.39, 0.29) is 0 Å². The number of rotatable bonds is 7. The molecule has 2 nitrogen and oxygen atoms in total. The fourth-order valence-corrected chi connectivity index (χ4v) is 8.11. The molecule has 9 aromatic carbocycles. The standard InChI is InChI=1S/C52H36N2/c1-3-16-37(17-4-1)38-30-32-41(33-31-38)53(49-27-12-9-23-44(49)40-18-5-2-6-19-40)42-34-35-48-47-25-11-14-29-51(47)54(52(48)36-42)50-28-13-10-24-46(50)45-26-15-21-39-20-7-8-22-43(39)45/h1-36H. The van der Waals surface area contributed by atoms with Crippen molar-refractivity contribution in [1.82, 2.24) is 4.57 Å². The van der Waals surface area contributed by atoms with E-state index in [9.17, 15) is 0 Å². The van der Waals surface area contributed by atoms with Crippen molar-refractivity contribution in [3.63, 3.8) is 0 Å². The zero-order chi connectivity index (χ0) is 35.8. The molecule has 0 atom stereocenters. The molecule has 0 bridgehead atoms. The Kier molecular flexibility index (Phi) is 7.85. The quantitative estimate of drug-likeness (QED) is 0.162. The van der Waals surface area contributed by atoms with Crippen molar-refractivity contribution in [3.8, 4) is 39.1 Å². The highest BCUT2D eigenvalue weighted by molar-refractivity contribution is 6.11. The monoisotopic (exact) mass is 688 g/mol. The second-order valence-electron chi connectivity index (χ2n) is 13.7. The summed E-state index contributed by atoms with van der Waals surface area (Å²) in [6.45, 7) is 0. The first kappa shape index (κ1) is 31.6. The van der Waals surface area contributed by atoms with E-state index in [2.05, 4.69) is 228 Å². The van der Waals surface area contributed by atoms with Gasteiger partial charge >= 0.3 is 0 Å². The van der Waals surface area contributed by atoms with Crippen molar-refractivity contribution in [2.75, 3.05) is 4.90 Å². The average molecular weight is 689 g/mol. The van der Waals surface area contributed by atoms with Gasteiger partial charge in [-0.3, -0.25) is 0 Å². The Bertz CT molecular complexity index is 2920. The van der Waals surface area contributed by atoms with Crippen LogP contribution in [0, 0.1) is 0 Å². The molecule has 0 amide bonds. The van der Waals surface area contributed by atoms with E-state index in [0.717, 1.165) is 28.3 Å². The molecule has 2 heteroatoms. The third kappa shape index (κ3) is 5.44. The Morgan fingerprint density at radius 1 is 0.315 bits per heavy atom. The molecular formula is C52H36N2. The number of hydrogen-bond donors (Lipinski definition) is 0. The maximum Gasteiger partial charge on any atom is 0.0562 e. The molecule has 10 aromatic rings. The van der Waals surface area contributed by atoms with Gasteiger partial charge in [0.25, 0.3) is 0 Å². The predicted octanol–water partition coefficient (Wildman–Crippen LogP) is 14.4. The Balaban J connectivity index is 1.22. The maximum absolute atomic E-state index is 2.46. The summed E-state index contributed by atoms with van der Waals surface area (Å²) in [6.07, 6.45) is 0. The van der Waals surface area contributed by atoms with Crippen LogP contribution < -0.4 is 4.90 Å². The summed E-state index contributed by atoms with van der Waals surface area (Å²) in [5.41, 5.74) is 14.0. The molecule has 54 heavy (non-hydrogen) atoms. The Morgan fingerprint density at radius 3 is 1.69 bits per heavy atom. The average Bonchev–Trinajstić information content (AvgIpc) is 3.58. The third-order valence-corrected chi connectivity index (χ3v) is 10.6. The van der Waals surface area contributed by atoms with Crippen LogP contribution in [0.5, 0.6) is 0 Å². The van der Waals surface area contributed by atoms with Gasteiger partial charge in [-0.25, -0.2) is 0 Å². The highest BCUT2D eigenvalue weighted by atomic mass is 15.1. The summed E-state index contributed by atoms with van der Waals surface area (Å²) in [7, 11) is 0. The lowest BCUT2D eigenvalue weighted by Crippen LogP contribution is -2.11. The highest BCUT2D eigenvalue weighted by Crippen LogP contribution is 2.44. The first-order valence-corrected chi connectivity index (χ1v) is 18.5. The highest BCUT2D eigenvalue weighted by Gasteiger charge is 2.21. The summed E-state index contributed by atoms with van der Waals surface area (Å²) >= 11 is 0. The lowest BCUT2D eigenvalue weighted by molar-refractivity contribution is 1.18. The van der Waals surface area contributed by atoms with Gasteiger partial charge < -0.3 is 9.47 Å². The van der Waals surface area contributed by atoms with E-state index >= 15 is 0 Å².